The summed E-state index contributed by atoms with van der Waals surface area (Å²) in [5, 5.41) is 22.9. The molecule has 2 aromatic heterocycles. The Morgan fingerprint density at radius 1 is 1.11 bits per heavy atom. The van der Waals surface area contributed by atoms with E-state index in [4.69, 9.17) is 4.74 Å². The summed E-state index contributed by atoms with van der Waals surface area (Å²) in [6, 6.07) is 13.4. The number of hydrogen-bond acceptors (Lipinski definition) is 8. The van der Waals surface area contributed by atoms with E-state index in [0.29, 0.717) is 18.3 Å². The van der Waals surface area contributed by atoms with Gasteiger partial charge in [-0.15, -0.1) is 11.3 Å². The van der Waals surface area contributed by atoms with Crippen molar-refractivity contribution < 1.29 is 19.3 Å². The summed E-state index contributed by atoms with van der Waals surface area (Å²) in [7, 11) is 2.04. The highest BCUT2D eigenvalue weighted by molar-refractivity contribution is 7.17. The number of phenolic OH excluding ortho intramolecular Hbond substituents is 1. The fourth-order valence-corrected chi connectivity index (χ4v) is 5.64. The Morgan fingerprint density at radius 3 is 2.56 bits per heavy atom. The number of anilines is 1. The lowest BCUT2D eigenvalue weighted by Crippen LogP contribution is -2.46. The Balaban J connectivity index is 1.20. The predicted molar refractivity (Wildman–Crippen MR) is 140 cm³/mol. The first-order valence-electron chi connectivity index (χ1n) is 12.0. The maximum atomic E-state index is 13.5. The molecule has 9 heteroatoms. The second-order valence-corrected chi connectivity index (χ2v) is 10.0. The van der Waals surface area contributed by atoms with Crippen LogP contribution in [-0.4, -0.2) is 70.5 Å². The lowest BCUT2D eigenvalue weighted by molar-refractivity contribution is 0.0586. The van der Waals surface area contributed by atoms with Gasteiger partial charge < -0.3 is 24.7 Å². The van der Waals surface area contributed by atoms with Gasteiger partial charge in [0.05, 0.1) is 5.39 Å². The molecule has 0 amide bonds. The molecule has 3 heterocycles. The third-order valence-electron chi connectivity index (χ3n) is 6.67. The van der Waals surface area contributed by atoms with E-state index in [1.54, 1.807) is 54.1 Å². The number of fused-ring (bicyclic) bond motifs is 1. The molecular weight excluding hydrogens is 479 g/mol. The minimum absolute atomic E-state index is 0.183. The first kappa shape index (κ1) is 24.4. The van der Waals surface area contributed by atoms with E-state index in [-0.39, 0.29) is 18.2 Å². The lowest BCUT2D eigenvalue weighted by Gasteiger charge is -2.38. The standard InChI is InChI=1S/C27H29FN4O3S/c1-31(14-22(34)15-35-23-8-6-21(33)7-9-23)20-10-12-32(13-11-20)26-25-24(16-36-27(25)30-17-29-26)18-2-4-19(28)5-3-18/h2-9,16-17,20,22,33-34H,10-15H2,1H3. The van der Waals surface area contributed by atoms with Gasteiger partial charge in [-0.2, -0.15) is 0 Å². The molecule has 5 rings (SSSR count). The summed E-state index contributed by atoms with van der Waals surface area (Å²) < 4.78 is 19.1. The van der Waals surface area contributed by atoms with Crippen molar-refractivity contribution in [1.82, 2.24) is 14.9 Å². The number of ether oxygens (including phenoxy) is 1. The number of thiophene rings is 1. The summed E-state index contributed by atoms with van der Waals surface area (Å²) in [6.07, 6.45) is 2.89. The van der Waals surface area contributed by atoms with Crippen LogP contribution in [0.5, 0.6) is 11.5 Å². The molecule has 1 fully saturated rings. The Morgan fingerprint density at radius 2 is 1.83 bits per heavy atom. The van der Waals surface area contributed by atoms with Crippen LogP contribution < -0.4 is 9.64 Å². The van der Waals surface area contributed by atoms with E-state index < -0.39 is 6.10 Å². The van der Waals surface area contributed by atoms with Crippen molar-refractivity contribution in [1.29, 1.82) is 0 Å². The Kier molecular flexibility index (Phi) is 7.31. The number of aromatic nitrogens is 2. The number of nitrogens with zero attached hydrogens (tertiary/aromatic N) is 4. The monoisotopic (exact) mass is 508 g/mol. The number of benzene rings is 2. The second kappa shape index (κ2) is 10.8. The summed E-state index contributed by atoms with van der Waals surface area (Å²) in [4.78, 5) is 14.5. The number of halogens is 1. The van der Waals surface area contributed by atoms with Crippen LogP contribution in [0.4, 0.5) is 10.2 Å². The highest BCUT2D eigenvalue weighted by atomic mass is 32.1. The third-order valence-corrected chi connectivity index (χ3v) is 7.56. The summed E-state index contributed by atoms with van der Waals surface area (Å²) in [6.45, 7) is 2.40. The van der Waals surface area contributed by atoms with Gasteiger partial charge >= 0.3 is 0 Å². The number of piperidine rings is 1. The van der Waals surface area contributed by atoms with Gasteiger partial charge in [0.15, 0.2) is 0 Å². The topological polar surface area (TPSA) is 82.0 Å². The highest BCUT2D eigenvalue weighted by Gasteiger charge is 2.26. The highest BCUT2D eigenvalue weighted by Crippen LogP contribution is 2.38. The van der Waals surface area contributed by atoms with Gasteiger partial charge in [0.2, 0.25) is 0 Å². The molecule has 0 radical (unpaired) electrons. The maximum absolute atomic E-state index is 13.5. The second-order valence-electron chi connectivity index (χ2n) is 9.15. The molecule has 2 aromatic carbocycles. The van der Waals surface area contributed by atoms with E-state index in [1.807, 2.05) is 7.05 Å². The maximum Gasteiger partial charge on any atom is 0.141 e. The first-order valence-corrected chi connectivity index (χ1v) is 12.9. The van der Waals surface area contributed by atoms with E-state index in [0.717, 1.165) is 53.1 Å². The van der Waals surface area contributed by atoms with E-state index in [2.05, 4.69) is 25.1 Å². The number of phenols is 1. The van der Waals surface area contributed by atoms with Crippen molar-refractivity contribution in [2.24, 2.45) is 0 Å². The number of aliphatic hydroxyl groups is 1. The van der Waals surface area contributed by atoms with Crippen molar-refractivity contribution in [2.45, 2.75) is 25.0 Å². The van der Waals surface area contributed by atoms with Crippen molar-refractivity contribution in [3.63, 3.8) is 0 Å². The molecule has 1 saturated heterocycles. The zero-order chi connectivity index (χ0) is 25.1. The van der Waals surface area contributed by atoms with Gasteiger partial charge in [0.25, 0.3) is 0 Å². The fraction of sp³-hybridized carbons (Fsp3) is 0.333. The number of rotatable bonds is 8. The summed E-state index contributed by atoms with van der Waals surface area (Å²) in [5.41, 5.74) is 1.98. The molecule has 0 spiro atoms. The van der Waals surface area contributed by atoms with Crippen LogP contribution in [0.3, 0.4) is 0 Å². The fourth-order valence-electron chi connectivity index (χ4n) is 4.73. The molecule has 1 aliphatic heterocycles. The zero-order valence-electron chi connectivity index (χ0n) is 20.0. The van der Waals surface area contributed by atoms with E-state index in [9.17, 15) is 14.6 Å². The molecule has 0 aliphatic carbocycles. The Labute approximate surface area is 213 Å². The predicted octanol–water partition coefficient (Wildman–Crippen LogP) is 4.54. The molecule has 7 nitrogen and oxygen atoms in total. The van der Waals surface area contributed by atoms with Crippen LogP contribution >= 0.6 is 11.3 Å². The van der Waals surface area contributed by atoms with E-state index >= 15 is 0 Å². The smallest absolute Gasteiger partial charge is 0.141 e. The van der Waals surface area contributed by atoms with Crippen LogP contribution in [0.1, 0.15) is 12.8 Å². The quantitative estimate of drug-likeness (QED) is 0.362. The number of aliphatic hydroxyl groups excluding tert-OH is 1. The normalized spacial score (nSPS) is 15.5. The molecule has 2 N–H and O–H groups in total. The number of likely N-dealkylation sites (N-methyl/N-ethyl adjacent to an activating group) is 1. The van der Waals surface area contributed by atoms with Crippen LogP contribution in [0, 0.1) is 5.82 Å². The molecule has 188 valence electrons. The van der Waals surface area contributed by atoms with Crippen molar-refractivity contribution >= 4 is 27.4 Å². The van der Waals surface area contributed by atoms with Gasteiger partial charge in [0, 0.05) is 36.6 Å². The SMILES string of the molecule is CN(CC(O)COc1ccc(O)cc1)C1CCN(c2ncnc3scc(-c4ccc(F)cc4)c23)CC1. The van der Waals surface area contributed by atoms with Gasteiger partial charge in [-0.1, -0.05) is 12.1 Å². The van der Waals surface area contributed by atoms with Gasteiger partial charge in [-0.05, 0) is 61.9 Å². The Hall–Kier alpha value is -3.27. The Bertz CT molecular complexity index is 1290. The molecule has 4 aromatic rings. The molecule has 0 bridgehead atoms. The molecule has 1 aliphatic rings. The van der Waals surface area contributed by atoms with Gasteiger partial charge in [0.1, 0.15) is 47.0 Å². The van der Waals surface area contributed by atoms with Crippen molar-refractivity contribution in [2.75, 3.05) is 38.2 Å². The van der Waals surface area contributed by atoms with Crippen molar-refractivity contribution in [3.05, 3.63) is 66.1 Å². The summed E-state index contributed by atoms with van der Waals surface area (Å²) in [5.74, 6) is 1.47. The molecular formula is C27H29FN4O3S. The zero-order valence-corrected chi connectivity index (χ0v) is 20.9. The average molecular weight is 509 g/mol. The molecule has 1 atom stereocenters. The van der Waals surface area contributed by atoms with Gasteiger partial charge in [-0.3, -0.25) is 0 Å². The van der Waals surface area contributed by atoms with Crippen LogP contribution in [0.2, 0.25) is 0 Å². The number of aromatic hydroxyl groups is 1. The molecule has 36 heavy (non-hydrogen) atoms. The third kappa shape index (κ3) is 5.43. The number of hydrogen-bond donors (Lipinski definition) is 2. The van der Waals surface area contributed by atoms with Crippen molar-refractivity contribution in [3.8, 4) is 22.6 Å². The molecule has 0 saturated carbocycles. The lowest BCUT2D eigenvalue weighted by atomic mass is 10.0. The largest absolute Gasteiger partial charge is 0.508 e. The molecule has 1 unspecified atom stereocenters. The van der Waals surface area contributed by atoms with Crippen LogP contribution in [0.25, 0.3) is 21.3 Å². The van der Waals surface area contributed by atoms with Crippen LogP contribution in [0.15, 0.2) is 60.2 Å². The first-order chi connectivity index (χ1) is 17.5. The van der Waals surface area contributed by atoms with Crippen LogP contribution in [-0.2, 0) is 0 Å². The van der Waals surface area contributed by atoms with E-state index in [1.165, 1.54) is 12.1 Å². The minimum Gasteiger partial charge on any atom is -0.508 e. The van der Waals surface area contributed by atoms with Gasteiger partial charge in [-0.25, -0.2) is 14.4 Å². The minimum atomic E-state index is -0.618. The average Bonchev–Trinajstić information content (AvgIpc) is 3.33. The summed E-state index contributed by atoms with van der Waals surface area (Å²) >= 11 is 1.58.